The molecule has 0 spiro atoms. The molecule has 3 nitrogen and oxygen atoms in total. The average Bonchev–Trinajstić information content (AvgIpc) is 2.44. The monoisotopic (exact) mass is 288 g/mol. The van der Waals surface area contributed by atoms with Crippen molar-refractivity contribution in [2.75, 3.05) is 0 Å². The highest BCUT2D eigenvalue weighted by molar-refractivity contribution is 5.38. The number of benzene rings is 1. The molecule has 2 N–H and O–H groups in total. The van der Waals surface area contributed by atoms with Gasteiger partial charge in [-0.05, 0) is 62.1 Å². The molecule has 2 rings (SSSR count). The van der Waals surface area contributed by atoms with Gasteiger partial charge in [0.1, 0.15) is 11.6 Å². The van der Waals surface area contributed by atoms with Gasteiger partial charge in [-0.3, -0.25) is 0 Å². The van der Waals surface area contributed by atoms with E-state index < -0.39 is 0 Å². The minimum Gasteiger partial charge on any atom is -0.438 e. The normalized spacial score (nSPS) is 12.2. The van der Waals surface area contributed by atoms with Crippen LogP contribution in [-0.2, 0) is 6.42 Å². The zero-order valence-electron chi connectivity index (χ0n) is 12.7. The number of pyridine rings is 1. The van der Waals surface area contributed by atoms with Gasteiger partial charge >= 0.3 is 0 Å². The molecule has 112 valence electrons. The SMILES string of the molecule is CCC(N)Cc1cnc(Oc2ccc(F)cc2C)c(C)c1. The van der Waals surface area contributed by atoms with Crippen molar-refractivity contribution >= 4 is 0 Å². The van der Waals surface area contributed by atoms with E-state index in [0.717, 1.165) is 29.5 Å². The Morgan fingerprint density at radius 2 is 2.00 bits per heavy atom. The minimum atomic E-state index is -0.270. The fraction of sp³-hybridized carbons (Fsp3) is 0.353. The lowest BCUT2D eigenvalue weighted by molar-refractivity contribution is 0.453. The highest BCUT2D eigenvalue weighted by Gasteiger charge is 2.09. The molecule has 1 unspecified atom stereocenters. The lowest BCUT2D eigenvalue weighted by Gasteiger charge is -2.12. The van der Waals surface area contributed by atoms with Crippen LogP contribution in [0, 0.1) is 19.7 Å². The van der Waals surface area contributed by atoms with Crippen LogP contribution in [0.25, 0.3) is 0 Å². The summed E-state index contributed by atoms with van der Waals surface area (Å²) < 4.78 is 18.9. The Morgan fingerprint density at radius 1 is 1.24 bits per heavy atom. The second-order valence-corrected chi connectivity index (χ2v) is 5.35. The number of nitrogens with zero attached hydrogens (tertiary/aromatic N) is 1. The second-order valence-electron chi connectivity index (χ2n) is 5.35. The summed E-state index contributed by atoms with van der Waals surface area (Å²) in [7, 11) is 0. The number of aromatic nitrogens is 1. The number of hydrogen-bond acceptors (Lipinski definition) is 3. The molecule has 0 aliphatic rings. The molecule has 0 saturated heterocycles. The molecule has 0 saturated carbocycles. The van der Waals surface area contributed by atoms with Crippen LogP contribution < -0.4 is 10.5 Å². The maximum atomic E-state index is 13.1. The van der Waals surface area contributed by atoms with E-state index in [1.165, 1.54) is 12.1 Å². The van der Waals surface area contributed by atoms with Gasteiger partial charge in [-0.25, -0.2) is 9.37 Å². The third kappa shape index (κ3) is 4.02. The van der Waals surface area contributed by atoms with Crippen molar-refractivity contribution in [2.45, 2.75) is 39.7 Å². The maximum absolute atomic E-state index is 13.1. The van der Waals surface area contributed by atoms with Crippen LogP contribution in [0.15, 0.2) is 30.5 Å². The van der Waals surface area contributed by atoms with Crippen molar-refractivity contribution in [3.63, 3.8) is 0 Å². The molecule has 21 heavy (non-hydrogen) atoms. The first kappa shape index (κ1) is 15.4. The van der Waals surface area contributed by atoms with E-state index in [1.54, 1.807) is 12.3 Å². The Labute approximate surface area is 125 Å². The first-order valence-corrected chi connectivity index (χ1v) is 7.14. The topological polar surface area (TPSA) is 48.1 Å². The van der Waals surface area contributed by atoms with Gasteiger partial charge in [0.05, 0.1) is 0 Å². The molecule has 0 amide bonds. The number of rotatable bonds is 5. The highest BCUT2D eigenvalue weighted by atomic mass is 19.1. The number of nitrogens with two attached hydrogens (primary N) is 1. The number of hydrogen-bond donors (Lipinski definition) is 1. The summed E-state index contributed by atoms with van der Waals surface area (Å²) >= 11 is 0. The van der Waals surface area contributed by atoms with E-state index in [-0.39, 0.29) is 11.9 Å². The zero-order chi connectivity index (χ0) is 15.4. The standard InChI is InChI=1S/C17H21FN2O/c1-4-15(19)9-13-7-12(3)17(20-10-13)21-16-6-5-14(18)8-11(16)2/h5-8,10,15H,4,9,19H2,1-3H3. The van der Waals surface area contributed by atoms with Crippen molar-refractivity contribution in [3.05, 3.63) is 53.0 Å². The third-order valence-electron chi connectivity index (χ3n) is 3.45. The molecule has 0 fully saturated rings. The van der Waals surface area contributed by atoms with Gasteiger partial charge in [0.15, 0.2) is 0 Å². The predicted molar refractivity (Wildman–Crippen MR) is 82.2 cm³/mol. The van der Waals surface area contributed by atoms with Crippen LogP contribution in [0.3, 0.4) is 0 Å². The van der Waals surface area contributed by atoms with Gasteiger partial charge < -0.3 is 10.5 Å². The van der Waals surface area contributed by atoms with Gasteiger partial charge in [0.25, 0.3) is 0 Å². The fourth-order valence-electron chi connectivity index (χ4n) is 2.12. The van der Waals surface area contributed by atoms with Crippen molar-refractivity contribution in [3.8, 4) is 11.6 Å². The third-order valence-corrected chi connectivity index (χ3v) is 3.45. The van der Waals surface area contributed by atoms with Crippen LogP contribution in [0.4, 0.5) is 4.39 Å². The van der Waals surface area contributed by atoms with Crippen molar-refractivity contribution in [1.82, 2.24) is 4.98 Å². The van der Waals surface area contributed by atoms with Crippen LogP contribution in [0.1, 0.15) is 30.0 Å². The maximum Gasteiger partial charge on any atom is 0.222 e. The zero-order valence-corrected chi connectivity index (χ0v) is 12.7. The Morgan fingerprint density at radius 3 is 2.62 bits per heavy atom. The lowest BCUT2D eigenvalue weighted by Crippen LogP contribution is -2.21. The summed E-state index contributed by atoms with van der Waals surface area (Å²) in [6.07, 6.45) is 3.53. The molecule has 1 aromatic heterocycles. The molecule has 0 aliphatic heterocycles. The van der Waals surface area contributed by atoms with E-state index in [2.05, 4.69) is 11.9 Å². The Hall–Kier alpha value is -1.94. The van der Waals surface area contributed by atoms with Gasteiger partial charge in [0, 0.05) is 17.8 Å². The van der Waals surface area contributed by atoms with Crippen molar-refractivity contribution < 1.29 is 9.13 Å². The molecule has 1 aromatic carbocycles. The van der Waals surface area contributed by atoms with Crippen LogP contribution >= 0.6 is 0 Å². The van der Waals surface area contributed by atoms with Crippen LogP contribution in [0.2, 0.25) is 0 Å². The summed E-state index contributed by atoms with van der Waals surface area (Å²) in [4.78, 5) is 4.35. The first-order valence-electron chi connectivity index (χ1n) is 7.14. The van der Waals surface area contributed by atoms with Crippen molar-refractivity contribution in [2.24, 2.45) is 5.73 Å². The summed E-state index contributed by atoms with van der Waals surface area (Å²) in [5, 5.41) is 0. The quantitative estimate of drug-likeness (QED) is 0.907. The Kier molecular flexibility index (Phi) is 4.91. The summed E-state index contributed by atoms with van der Waals surface area (Å²) in [5.74, 6) is 0.886. The lowest BCUT2D eigenvalue weighted by atomic mass is 10.1. The second kappa shape index (κ2) is 6.68. The van der Waals surface area contributed by atoms with Crippen LogP contribution in [0.5, 0.6) is 11.6 Å². The predicted octanol–water partition coefficient (Wildman–Crippen LogP) is 3.91. The van der Waals surface area contributed by atoms with E-state index >= 15 is 0 Å². The number of halogens is 1. The molecule has 2 aromatic rings. The largest absolute Gasteiger partial charge is 0.438 e. The van der Waals surface area contributed by atoms with Crippen molar-refractivity contribution in [1.29, 1.82) is 0 Å². The molecule has 0 radical (unpaired) electrons. The van der Waals surface area contributed by atoms with E-state index in [1.807, 2.05) is 19.9 Å². The van der Waals surface area contributed by atoms with E-state index in [9.17, 15) is 4.39 Å². The molecular weight excluding hydrogens is 267 g/mol. The summed E-state index contributed by atoms with van der Waals surface area (Å²) in [5.41, 5.74) is 8.75. The molecule has 1 heterocycles. The Bertz CT molecular complexity index is 628. The average molecular weight is 288 g/mol. The highest BCUT2D eigenvalue weighted by Crippen LogP contribution is 2.26. The molecule has 4 heteroatoms. The molecule has 0 bridgehead atoms. The number of ether oxygens (including phenoxy) is 1. The molecular formula is C17H21FN2O. The van der Waals surface area contributed by atoms with Gasteiger partial charge in [-0.1, -0.05) is 6.92 Å². The van der Waals surface area contributed by atoms with Gasteiger partial charge in [-0.15, -0.1) is 0 Å². The number of aryl methyl sites for hydroxylation is 2. The van der Waals surface area contributed by atoms with E-state index in [4.69, 9.17) is 10.5 Å². The summed E-state index contributed by atoms with van der Waals surface area (Å²) in [6.45, 7) is 5.82. The Balaban J connectivity index is 2.17. The minimum absolute atomic E-state index is 0.150. The van der Waals surface area contributed by atoms with Gasteiger partial charge in [0.2, 0.25) is 5.88 Å². The summed E-state index contributed by atoms with van der Waals surface area (Å²) in [6, 6.07) is 6.63. The molecule has 0 aliphatic carbocycles. The van der Waals surface area contributed by atoms with Gasteiger partial charge in [-0.2, -0.15) is 0 Å². The fourth-order valence-corrected chi connectivity index (χ4v) is 2.12. The van der Waals surface area contributed by atoms with Crippen LogP contribution in [-0.4, -0.2) is 11.0 Å². The first-order chi connectivity index (χ1) is 9.99. The molecule has 1 atom stereocenters. The van der Waals surface area contributed by atoms with E-state index in [0.29, 0.717) is 11.6 Å². The smallest absolute Gasteiger partial charge is 0.222 e.